The van der Waals surface area contributed by atoms with E-state index in [4.69, 9.17) is 9.47 Å². The number of aldehydes is 1. The first-order valence-electron chi connectivity index (χ1n) is 8.41. The Bertz CT molecular complexity index is 822. The molecule has 136 valence electrons. The van der Waals surface area contributed by atoms with Crippen LogP contribution in [0.15, 0.2) is 47.6 Å². The third kappa shape index (κ3) is 3.85. The topological polar surface area (TPSA) is 51.1 Å². The van der Waals surface area contributed by atoms with Crippen molar-refractivity contribution in [1.29, 1.82) is 0 Å². The summed E-state index contributed by atoms with van der Waals surface area (Å²) < 4.78 is 24.0. The van der Waals surface area contributed by atoms with Gasteiger partial charge in [-0.05, 0) is 35.9 Å². The largest absolute Gasteiger partial charge is 0.493 e. The highest BCUT2D eigenvalue weighted by Gasteiger charge is 2.24. The van der Waals surface area contributed by atoms with Crippen LogP contribution in [0.5, 0.6) is 11.5 Å². The van der Waals surface area contributed by atoms with E-state index in [2.05, 4.69) is 5.10 Å². The van der Waals surface area contributed by atoms with Gasteiger partial charge in [-0.3, -0.25) is 5.01 Å². The molecule has 0 aromatic heterocycles. The summed E-state index contributed by atoms with van der Waals surface area (Å²) in [5.41, 5.74) is 2.59. The first kappa shape index (κ1) is 17.9. The zero-order valence-corrected chi connectivity index (χ0v) is 14.8. The molecule has 0 fully saturated rings. The Hall–Kier alpha value is -2.89. The highest BCUT2D eigenvalue weighted by Crippen LogP contribution is 2.29. The molecule has 1 atom stereocenters. The van der Waals surface area contributed by atoms with Gasteiger partial charge in [-0.1, -0.05) is 12.1 Å². The second kappa shape index (κ2) is 7.99. The van der Waals surface area contributed by atoms with Gasteiger partial charge in [0.1, 0.15) is 18.1 Å². The zero-order chi connectivity index (χ0) is 18.5. The maximum absolute atomic E-state index is 13.4. The number of benzene rings is 2. The van der Waals surface area contributed by atoms with Gasteiger partial charge in [0.05, 0.1) is 19.9 Å². The molecule has 1 heterocycles. The average Bonchev–Trinajstić information content (AvgIpc) is 3.15. The fraction of sp³-hybridized carbons (Fsp3) is 0.300. The molecular formula is C20H21FN2O3. The minimum Gasteiger partial charge on any atom is -0.493 e. The molecule has 1 unspecified atom stereocenters. The smallest absolute Gasteiger partial charge is 0.161 e. The Kier molecular flexibility index (Phi) is 5.51. The summed E-state index contributed by atoms with van der Waals surface area (Å²) in [4.78, 5) is 11.6. The van der Waals surface area contributed by atoms with E-state index in [1.165, 1.54) is 12.1 Å². The molecule has 2 aromatic carbocycles. The second-order valence-electron chi connectivity index (χ2n) is 6.07. The average molecular weight is 356 g/mol. The molecule has 1 aliphatic rings. The van der Waals surface area contributed by atoms with Crippen molar-refractivity contribution in [3.05, 3.63) is 59.4 Å². The summed E-state index contributed by atoms with van der Waals surface area (Å²) in [7, 11) is 3.18. The standard InChI is InChI=1S/C20H21FN2O3/c1-25-19-7-6-15(12-20(19)26-2)18-8-9-23(22-18)17(13-24)11-14-4-3-5-16(21)10-14/h3-7,10,12-13,17H,8-9,11H2,1-2H3. The quantitative estimate of drug-likeness (QED) is 0.716. The van der Waals surface area contributed by atoms with Gasteiger partial charge in [0.25, 0.3) is 0 Å². The number of rotatable bonds is 7. The first-order valence-corrected chi connectivity index (χ1v) is 8.41. The fourth-order valence-corrected chi connectivity index (χ4v) is 3.06. The number of carbonyl (C=O) groups is 1. The van der Waals surface area contributed by atoms with Gasteiger partial charge in [0.2, 0.25) is 0 Å². The van der Waals surface area contributed by atoms with Crippen LogP contribution in [0.4, 0.5) is 4.39 Å². The maximum Gasteiger partial charge on any atom is 0.161 e. The van der Waals surface area contributed by atoms with E-state index in [0.29, 0.717) is 24.5 Å². The van der Waals surface area contributed by atoms with Crippen LogP contribution in [0.2, 0.25) is 0 Å². The molecule has 0 N–H and O–H groups in total. The number of methoxy groups -OCH3 is 2. The number of ether oxygens (including phenoxy) is 2. The molecule has 0 saturated heterocycles. The predicted molar refractivity (Wildman–Crippen MR) is 97.4 cm³/mol. The minimum absolute atomic E-state index is 0.303. The monoisotopic (exact) mass is 356 g/mol. The molecule has 6 heteroatoms. The lowest BCUT2D eigenvalue weighted by molar-refractivity contribution is -0.112. The lowest BCUT2D eigenvalue weighted by Gasteiger charge is -2.21. The summed E-state index contributed by atoms with van der Waals surface area (Å²) in [6.07, 6.45) is 2.01. The molecule has 0 amide bonds. The van der Waals surface area contributed by atoms with Crippen molar-refractivity contribution in [3.63, 3.8) is 0 Å². The van der Waals surface area contributed by atoms with E-state index in [1.54, 1.807) is 25.3 Å². The molecule has 26 heavy (non-hydrogen) atoms. The first-order chi connectivity index (χ1) is 12.6. The third-order valence-corrected chi connectivity index (χ3v) is 4.42. The summed E-state index contributed by atoms with van der Waals surface area (Å²) >= 11 is 0. The van der Waals surface area contributed by atoms with Crippen LogP contribution >= 0.6 is 0 Å². The van der Waals surface area contributed by atoms with Gasteiger partial charge in [-0.15, -0.1) is 0 Å². The van der Waals surface area contributed by atoms with Crippen LogP contribution in [0.25, 0.3) is 0 Å². The van der Waals surface area contributed by atoms with Crippen LogP contribution in [-0.2, 0) is 11.2 Å². The molecule has 1 aliphatic heterocycles. The highest BCUT2D eigenvalue weighted by molar-refractivity contribution is 6.02. The van der Waals surface area contributed by atoms with Gasteiger partial charge >= 0.3 is 0 Å². The molecule has 0 saturated carbocycles. The van der Waals surface area contributed by atoms with Crippen molar-refractivity contribution in [3.8, 4) is 11.5 Å². The number of hydrogen-bond donors (Lipinski definition) is 0. The molecule has 5 nitrogen and oxygen atoms in total. The molecule has 3 rings (SSSR count). The summed E-state index contributed by atoms with van der Waals surface area (Å²) in [5, 5.41) is 6.38. The lowest BCUT2D eigenvalue weighted by Crippen LogP contribution is -2.32. The van der Waals surface area contributed by atoms with Crippen molar-refractivity contribution in [2.24, 2.45) is 5.10 Å². The Morgan fingerprint density at radius 3 is 2.69 bits per heavy atom. The summed E-state index contributed by atoms with van der Waals surface area (Å²) in [5.74, 6) is 0.990. The van der Waals surface area contributed by atoms with Crippen molar-refractivity contribution in [2.75, 3.05) is 20.8 Å². The van der Waals surface area contributed by atoms with Crippen LogP contribution in [0.3, 0.4) is 0 Å². The summed E-state index contributed by atoms with van der Waals surface area (Å²) in [6.45, 7) is 0.641. The number of carbonyl (C=O) groups excluding carboxylic acids is 1. The minimum atomic E-state index is -0.422. The van der Waals surface area contributed by atoms with Crippen LogP contribution in [0, 0.1) is 5.82 Å². The van der Waals surface area contributed by atoms with Crippen LogP contribution in [0.1, 0.15) is 17.5 Å². The number of nitrogens with zero attached hydrogens (tertiary/aromatic N) is 2. The second-order valence-corrected chi connectivity index (χ2v) is 6.07. The van der Waals surface area contributed by atoms with E-state index in [-0.39, 0.29) is 5.82 Å². The summed E-state index contributed by atoms with van der Waals surface area (Å²) in [6, 6.07) is 11.5. The van der Waals surface area contributed by atoms with Crippen molar-refractivity contribution < 1.29 is 18.7 Å². The molecule has 2 aromatic rings. The van der Waals surface area contributed by atoms with E-state index in [1.807, 2.05) is 24.3 Å². The lowest BCUT2D eigenvalue weighted by atomic mass is 10.1. The Balaban J connectivity index is 1.78. The van der Waals surface area contributed by atoms with Gasteiger partial charge < -0.3 is 14.3 Å². The van der Waals surface area contributed by atoms with E-state index in [9.17, 15) is 9.18 Å². The highest BCUT2D eigenvalue weighted by atomic mass is 19.1. The molecule has 0 spiro atoms. The van der Waals surface area contributed by atoms with Gasteiger partial charge in [0.15, 0.2) is 11.5 Å². The van der Waals surface area contributed by atoms with Gasteiger partial charge in [-0.25, -0.2) is 4.39 Å². The van der Waals surface area contributed by atoms with E-state index >= 15 is 0 Å². The van der Waals surface area contributed by atoms with Crippen LogP contribution in [-0.4, -0.2) is 43.8 Å². The van der Waals surface area contributed by atoms with Crippen LogP contribution < -0.4 is 9.47 Å². The third-order valence-electron chi connectivity index (χ3n) is 4.42. The van der Waals surface area contributed by atoms with Crippen molar-refractivity contribution in [2.45, 2.75) is 18.9 Å². The zero-order valence-electron chi connectivity index (χ0n) is 14.8. The normalized spacial score (nSPS) is 14.7. The number of hydrogen-bond acceptors (Lipinski definition) is 5. The van der Waals surface area contributed by atoms with E-state index < -0.39 is 6.04 Å². The SMILES string of the molecule is COc1ccc(C2=NN(C(C=O)Cc3cccc(F)c3)CC2)cc1OC. The van der Waals surface area contributed by atoms with Gasteiger partial charge in [0, 0.05) is 24.9 Å². The predicted octanol–water partition coefficient (Wildman–Crippen LogP) is 3.06. The molecule has 0 aliphatic carbocycles. The Labute approximate surface area is 152 Å². The van der Waals surface area contributed by atoms with Crippen molar-refractivity contribution in [1.82, 2.24) is 5.01 Å². The number of hydrazone groups is 1. The molecular weight excluding hydrogens is 335 g/mol. The molecule has 0 radical (unpaired) electrons. The van der Waals surface area contributed by atoms with Crippen molar-refractivity contribution >= 4 is 12.0 Å². The maximum atomic E-state index is 13.4. The van der Waals surface area contributed by atoms with Gasteiger partial charge in [-0.2, -0.15) is 5.10 Å². The molecule has 0 bridgehead atoms. The van der Waals surface area contributed by atoms with E-state index in [0.717, 1.165) is 29.5 Å². The Morgan fingerprint density at radius 2 is 2.00 bits per heavy atom. The fourth-order valence-electron chi connectivity index (χ4n) is 3.06. The number of halogens is 1. The Morgan fingerprint density at radius 1 is 1.19 bits per heavy atom.